The van der Waals surface area contributed by atoms with E-state index in [0.29, 0.717) is 19.2 Å². The fourth-order valence-corrected chi connectivity index (χ4v) is 2.47. The first-order valence-electron chi connectivity index (χ1n) is 6.43. The average molecular weight is 285 g/mol. The number of nitro groups is 1. The number of hydrogen-bond acceptors (Lipinski definition) is 4. The number of halogens is 2. The molecular weight excluding hydrogens is 268 g/mol. The molecule has 0 aliphatic carbocycles. The molecule has 0 radical (unpaired) electrons. The fourth-order valence-electron chi connectivity index (χ4n) is 2.47. The van der Waals surface area contributed by atoms with Crippen molar-refractivity contribution in [2.24, 2.45) is 0 Å². The van der Waals surface area contributed by atoms with Crippen LogP contribution in [-0.2, 0) is 0 Å². The first kappa shape index (κ1) is 14.6. The zero-order valence-electron chi connectivity index (χ0n) is 11.4. The second-order valence-corrected chi connectivity index (χ2v) is 5.31. The zero-order valence-corrected chi connectivity index (χ0v) is 11.4. The molecule has 0 spiro atoms. The minimum Gasteiger partial charge on any atom is -0.366 e. The number of nitrogens with zero attached hydrogens (tertiary/aromatic N) is 2. The number of rotatable bonds is 3. The van der Waals surface area contributed by atoms with E-state index in [1.807, 2.05) is 7.05 Å². The number of benzene rings is 1. The third-order valence-corrected chi connectivity index (χ3v) is 4.00. The normalized spacial score (nSPS) is 18.1. The van der Waals surface area contributed by atoms with E-state index < -0.39 is 22.2 Å². The van der Waals surface area contributed by atoms with E-state index in [9.17, 15) is 18.9 Å². The van der Waals surface area contributed by atoms with Gasteiger partial charge in [-0.3, -0.25) is 10.1 Å². The van der Waals surface area contributed by atoms with Gasteiger partial charge in [-0.25, -0.2) is 4.39 Å². The molecule has 1 saturated heterocycles. The summed E-state index contributed by atoms with van der Waals surface area (Å²) in [5, 5.41) is 14.2. The molecular formula is C13H17F2N3O2. The van der Waals surface area contributed by atoms with Crippen LogP contribution in [0.15, 0.2) is 12.1 Å². The van der Waals surface area contributed by atoms with Crippen molar-refractivity contribution in [2.75, 3.05) is 25.0 Å². The number of nitrogens with one attached hydrogen (secondary N) is 1. The topological polar surface area (TPSA) is 58.4 Å². The molecule has 5 nitrogen and oxygen atoms in total. The second-order valence-electron chi connectivity index (χ2n) is 5.31. The van der Waals surface area contributed by atoms with Gasteiger partial charge < -0.3 is 10.2 Å². The molecule has 0 unspecified atom stereocenters. The maximum Gasteiger partial charge on any atom is 0.328 e. The van der Waals surface area contributed by atoms with Crippen molar-refractivity contribution in [2.45, 2.75) is 25.3 Å². The molecule has 1 aliphatic rings. The molecule has 0 saturated carbocycles. The van der Waals surface area contributed by atoms with Crippen molar-refractivity contribution < 1.29 is 13.7 Å². The molecule has 2 rings (SSSR count). The number of anilines is 1. The van der Waals surface area contributed by atoms with E-state index >= 15 is 0 Å². The van der Waals surface area contributed by atoms with Crippen molar-refractivity contribution in [1.29, 1.82) is 0 Å². The van der Waals surface area contributed by atoms with Crippen LogP contribution in [0.5, 0.6) is 0 Å². The predicted molar refractivity (Wildman–Crippen MR) is 71.9 cm³/mol. The highest BCUT2D eigenvalue weighted by molar-refractivity contribution is 5.64. The van der Waals surface area contributed by atoms with Gasteiger partial charge >= 0.3 is 5.69 Å². The lowest BCUT2D eigenvalue weighted by atomic mass is 9.89. The van der Waals surface area contributed by atoms with E-state index in [1.165, 1.54) is 0 Å². The Hall–Kier alpha value is -1.76. The van der Waals surface area contributed by atoms with Crippen molar-refractivity contribution in [3.8, 4) is 0 Å². The van der Waals surface area contributed by atoms with Crippen LogP contribution in [0.4, 0.5) is 20.2 Å². The van der Waals surface area contributed by atoms with Gasteiger partial charge in [-0.15, -0.1) is 0 Å². The molecule has 1 aromatic rings. The summed E-state index contributed by atoms with van der Waals surface area (Å²) in [5.41, 5.74) is -0.679. The highest BCUT2D eigenvalue weighted by Crippen LogP contribution is 2.35. The van der Waals surface area contributed by atoms with E-state index in [1.54, 1.807) is 4.90 Å². The number of piperidine rings is 1. The predicted octanol–water partition coefficient (Wildman–Crippen LogP) is 2.45. The maximum absolute atomic E-state index is 13.6. The van der Waals surface area contributed by atoms with Crippen LogP contribution in [0.1, 0.15) is 19.8 Å². The van der Waals surface area contributed by atoms with Crippen molar-refractivity contribution in [3.05, 3.63) is 33.9 Å². The van der Waals surface area contributed by atoms with Crippen LogP contribution in [0.2, 0.25) is 0 Å². The Morgan fingerprint density at radius 1 is 1.35 bits per heavy atom. The molecule has 0 bridgehead atoms. The molecule has 1 heterocycles. The van der Waals surface area contributed by atoms with Crippen molar-refractivity contribution in [1.82, 2.24) is 5.32 Å². The molecule has 20 heavy (non-hydrogen) atoms. The molecule has 1 fully saturated rings. The SMILES string of the molecule is CNC1(C)CCN(c2cc(F)cc(F)c2[N+](=O)[O-])CC1. The fraction of sp³-hybridized carbons (Fsp3) is 0.538. The summed E-state index contributed by atoms with van der Waals surface area (Å²) in [7, 11) is 1.86. The smallest absolute Gasteiger partial charge is 0.328 e. The monoisotopic (exact) mass is 285 g/mol. The molecule has 0 atom stereocenters. The zero-order chi connectivity index (χ0) is 14.9. The summed E-state index contributed by atoms with van der Waals surface area (Å²) in [6.07, 6.45) is 1.50. The van der Waals surface area contributed by atoms with E-state index in [2.05, 4.69) is 12.2 Å². The third kappa shape index (κ3) is 2.72. The van der Waals surface area contributed by atoms with Crippen molar-refractivity contribution >= 4 is 11.4 Å². The highest BCUT2D eigenvalue weighted by Gasteiger charge is 2.32. The van der Waals surface area contributed by atoms with Gasteiger partial charge in [-0.1, -0.05) is 0 Å². The quantitative estimate of drug-likeness (QED) is 0.684. The Labute approximate surface area is 115 Å². The van der Waals surface area contributed by atoms with Gasteiger partial charge in [0, 0.05) is 30.8 Å². The van der Waals surface area contributed by atoms with Crippen LogP contribution in [0.3, 0.4) is 0 Å². The van der Waals surface area contributed by atoms with Gasteiger partial charge in [-0.05, 0) is 26.8 Å². The number of hydrogen-bond donors (Lipinski definition) is 1. The molecule has 0 aromatic heterocycles. The molecule has 0 amide bonds. The highest BCUT2D eigenvalue weighted by atomic mass is 19.1. The molecule has 7 heteroatoms. The van der Waals surface area contributed by atoms with Gasteiger partial charge in [0.15, 0.2) is 0 Å². The summed E-state index contributed by atoms with van der Waals surface area (Å²) < 4.78 is 27.0. The van der Waals surface area contributed by atoms with E-state index in [0.717, 1.165) is 18.9 Å². The summed E-state index contributed by atoms with van der Waals surface area (Å²) in [6.45, 7) is 3.09. The van der Waals surface area contributed by atoms with Gasteiger partial charge in [0.05, 0.1) is 4.92 Å². The Balaban J connectivity index is 2.32. The Kier molecular flexibility index (Phi) is 3.89. The molecule has 110 valence electrons. The van der Waals surface area contributed by atoms with Crippen LogP contribution in [0.25, 0.3) is 0 Å². The summed E-state index contributed by atoms with van der Waals surface area (Å²) >= 11 is 0. The lowest BCUT2D eigenvalue weighted by molar-refractivity contribution is -0.386. The Bertz CT molecular complexity index is 529. The lowest BCUT2D eigenvalue weighted by Crippen LogP contribution is -2.50. The standard InChI is InChI=1S/C13H17F2N3O2/c1-13(16-2)3-5-17(6-4-13)11-8-9(14)7-10(15)12(11)18(19)20/h7-8,16H,3-6H2,1-2H3. The van der Waals surface area contributed by atoms with Crippen LogP contribution >= 0.6 is 0 Å². The maximum atomic E-state index is 13.6. The summed E-state index contributed by atoms with van der Waals surface area (Å²) in [6, 6.07) is 1.58. The van der Waals surface area contributed by atoms with Crippen LogP contribution in [0, 0.1) is 21.7 Å². The first-order valence-corrected chi connectivity index (χ1v) is 6.43. The largest absolute Gasteiger partial charge is 0.366 e. The lowest BCUT2D eigenvalue weighted by Gasteiger charge is -2.40. The van der Waals surface area contributed by atoms with Crippen LogP contribution < -0.4 is 10.2 Å². The van der Waals surface area contributed by atoms with Gasteiger partial charge in [0.2, 0.25) is 5.82 Å². The van der Waals surface area contributed by atoms with Gasteiger partial charge in [0.1, 0.15) is 11.5 Å². The second kappa shape index (κ2) is 5.32. The molecule has 1 aliphatic heterocycles. The third-order valence-electron chi connectivity index (χ3n) is 4.00. The minimum atomic E-state index is -1.13. The minimum absolute atomic E-state index is 0.0191. The van der Waals surface area contributed by atoms with Gasteiger partial charge in [0.25, 0.3) is 0 Å². The van der Waals surface area contributed by atoms with E-state index in [4.69, 9.17) is 0 Å². The summed E-state index contributed by atoms with van der Waals surface area (Å²) in [4.78, 5) is 11.9. The number of nitro benzene ring substituents is 1. The van der Waals surface area contributed by atoms with E-state index in [-0.39, 0.29) is 11.2 Å². The Morgan fingerprint density at radius 3 is 2.45 bits per heavy atom. The van der Waals surface area contributed by atoms with Crippen LogP contribution in [-0.4, -0.2) is 30.6 Å². The average Bonchev–Trinajstić information content (AvgIpc) is 2.38. The Morgan fingerprint density at radius 2 is 1.95 bits per heavy atom. The van der Waals surface area contributed by atoms with Gasteiger partial charge in [-0.2, -0.15) is 4.39 Å². The van der Waals surface area contributed by atoms with Crippen molar-refractivity contribution in [3.63, 3.8) is 0 Å². The summed E-state index contributed by atoms with van der Waals surface area (Å²) in [5.74, 6) is -1.93. The molecule has 1 N–H and O–H groups in total. The molecule has 1 aromatic carbocycles. The first-order chi connectivity index (χ1) is 9.36.